The Morgan fingerprint density at radius 1 is 1.27 bits per heavy atom. The molecular weight excluding hydrogens is 302 g/mol. The van der Waals surface area contributed by atoms with Crippen LogP contribution >= 0.6 is 12.4 Å². The van der Waals surface area contributed by atoms with E-state index in [4.69, 9.17) is 5.73 Å². The van der Waals surface area contributed by atoms with Crippen molar-refractivity contribution >= 4 is 24.2 Å². The van der Waals surface area contributed by atoms with E-state index in [0.29, 0.717) is 12.1 Å². The van der Waals surface area contributed by atoms with E-state index in [1.807, 2.05) is 12.1 Å². The highest BCUT2D eigenvalue weighted by Crippen LogP contribution is 2.26. The average Bonchev–Trinajstić information content (AvgIpc) is 2.92. The lowest BCUT2D eigenvalue weighted by Gasteiger charge is -2.23. The van der Waals surface area contributed by atoms with Crippen LogP contribution in [0.1, 0.15) is 35.2 Å². The molecule has 3 N–H and O–H groups in total. The molecule has 0 bridgehead atoms. The van der Waals surface area contributed by atoms with Crippen LogP contribution in [0.5, 0.6) is 0 Å². The number of rotatable bonds is 4. The van der Waals surface area contributed by atoms with E-state index in [2.05, 4.69) is 5.32 Å². The van der Waals surface area contributed by atoms with Gasteiger partial charge in [0.15, 0.2) is 0 Å². The second-order valence-electron chi connectivity index (χ2n) is 5.67. The number of nitrogens with one attached hydrogen (secondary N) is 1. The topological polar surface area (TPSA) is 75.4 Å². The van der Waals surface area contributed by atoms with Crippen molar-refractivity contribution in [1.82, 2.24) is 10.2 Å². The van der Waals surface area contributed by atoms with Crippen molar-refractivity contribution in [1.29, 1.82) is 0 Å². The minimum absolute atomic E-state index is 0. The van der Waals surface area contributed by atoms with Crippen molar-refractivity contribution in [3.63, 3.8) is 0 Å². The summed E-state index contributed by atoms with van der Waals surface area (Å²) in [5.41, 5.74) is 7.61. The molecule has 1 aliphatic rings. The predicted molar refractivity (Wildman–Crippen MR) is 88.9 cm³/mol. The summed E-state index contributed by atoms with van der Waals surface area (Å²) in [4.78, 5) is 25.6. The van der Waals surface area contributed by atoms with E-state index >= 15 is 0 Å². The van der Waals surface area contributed by atoms with Gasteiger partial charge in [0.25, 0.3) is 5.91 Å². The monoisotopic (exact) mass is 325 g/mol. The zero-order chi connectivity index (χ0) is 15.4. The van der Waals surface area contributed by atoms with Crippen molar-refractivity contribution in [2.24, 2.45) is 11.7 Å². The van der Waals surface area contributed by atoms with Crippen LogP contribution in [-0.2, 0) is 11.3 Å². The summed E-state index contributed by atoms with van der Waals surface area (Å²) < 4.78 is 0. The van der Waals surface area contributed by atoms with Crippen LogP contribution in [0.15, 0.2) is 24.3 Å². The van der Waals surface area contributed by atoms with Gasteiger partial charge < -0.3 is 16.0 Å². The number of carbonyl (C=O) groups is 2. The fraction of sp³-hybridized carbons (Fsp3) is 0.500. The third kappa shape index (κ3) is 4.21. The molecule has 22 heavy (non-hydrogen) atoms. The number of nitrogens with zero attached hydrogens (tertiary/aromatic N) is 1. The van der Waals surface area contributed by atoms with Gasteiger partial charge in [-0.1, -0.05) is 18.6 Å². The van der Waals surface area contributed by atoms with Gasteiger partial charge in [-0.25, -0.2) is 0 Å². The third-order valence-electron chi connectivity index (χ3n) is 4.13. The third-order valence-corrected chi connectivity index (χ3v) is 4.13. The van der Waals surface area contributed by atoms with Gasteiger partial charge >= 0.3 is 0 Å². The molecule has 1 aromatic carbocycles. The van der Waals surface area contributed by atoms with Crippen LogP contribution in [0.25, 0.3) is 0 Å². The lowest BCUT2D eigenvalue weighted by Crippen LogP contribution is -2.39. The molecule has 0 heterocycles. The summed E-state index contributed by atoms with van der Waals surface area (Å²) in [7, 11) is 3.41. The van der Waals surface area contributed by atoms with Crippen LogP contribution < -0.4 is 11.1 Å². The molecule has 5 nitrogen and oxygen atoms in total. The fourth-order valence-electron chi connectivity index (χ4n) is 2.84. The Morgan fingerprint density at radius 3 is 2.41 bits per heavy atom. The highest BCUT2D eigenvalue weighted by molar-refractivity contribution is 5.93. The molecule has 0 radical (unpaired) electrons. The Morgan fingerprint density at radius 2 is 1.91 bits per heavy atom. The summed E-state index contributed by atoms with van der Waals surface area (Å²) in [6, 6.07) is 7.29. The van der Waals surface area contributed by atoms with Crippen molar-refractivity contribution in [2.45, 2.75) is 31.8 Å². The molecule has 2 amide bonds. The smallest absolute Gasteiger partial charge is 0.251 e. The maximum atomic E-state index is 12.4. The van der Waals surface area contributed by atoms with Crippen LogP contribution in [0.4, 0.5) is 0 Å². The van der Waals surface area contributed by atoms with E-state index in [1.165, 1.54) is 0 Å². The summed E-state index contributed by atoms with van der Waals surface area (Å²) in [6.07, 6.45) is 2.86. The zero-order valence-corrected chi connectivity index (χ0v) is 13.9. The van der Waals surface area contributed by atoms with E-state index in [9.17, 15) is 9.59 Å². The largest absolute Gasteiger partial charge is 0.355 e. The van der Waals surface area contributed by atoms with E-state index in [-0.39, 0.29) is 36.2 Å². The number of hydrogen-bond donors (Lipinski definition) is 2. The normalized spacial score (nSPS) is 20.1. The van der Waals surface area contributed by atoms with Gasteiger partial charge in [0.2, 0.25) is 5.91 Å². The van der Waals surface area contributed by atoms with Gasteiger partial charge in [0.1, 0.15) is 0 Å². The number of benzene rings is 1. The van der Waals surface area contributed by atoms with Crippen molar-refractivity contribution in [3.8, 4) is 0 Å². The van der Waals surface area contributed by atoms with Gasteiger partial charge in [0, 0.05) is 32.2 Å². The highest BCUT2D eigenvalue weighted by atomic mass is 35.5. The number of nitrogens with two attached hydrogens (primary N) is 1. The molecule has 0 aromatic heterocycles. The average molecular weight is 326 g/mol. The van der Waals surface area contributed by atoms with Gasteiger partial charge in [-0.05, 0) is 30.5 Å². The lowest BCUT2D eigenvalue weighted by molar-refractivity contribution is -0.134. The molecule has 1 saturated carbocycles. The van der Waals surface area contributed by atoms with Gasteiger partial charge in [-0.2, -0.15) is 0 Å². The Bertz CT molecular complexity index is 519. The summed E-state index contributed by atoms with van der Waals surface area (Å²) >= 11 is 0. The molecule has 1 fully saturated rings. The number of carbonyl (C=O) groups excluding carboxylic acids is 2. The van der Waals surface area contributed by atoms with Crippen molar-refractivity contribution < 1.29 is 9.59 Å². The van der Waals surface area contributed by atoms with E-state index in [0.717, 1.165) is 24.8 Å². The van der Waals surface area contributed by atoms with Crippen molar-refractivity contribution in [2.75, 3.05) is 14.1 Å². The first-order chi connectivity index (χ1) is 10.0. The number of halogens is 1. The first kappa shape index (κ1) is 18.5. The molecule has 2 unspecified atom stereocenters. The standard InChI is InChI=1S/C16H23N3O2.ClH/c1-18-15(20)12-8-6-11(7-9-12)10-19(2)16(21)13-4-3-5-14(13)17;/h6-9,13-14H,3-5,10,17H2,1-2H3,(H,18,20);1H. The van der Waals surface area contributed by atoms with Gasteiger partial charge in [0.05, 0.1) is 5.92 Å². The summed E-state index contributed by atoms with van der Waals surface area (Å²) in [5, 5.41) is 2.58. The molecule has 2 rings (SSSR count). The Balaban J connectivity index is 0.00000242. The van der Waals surface area contributed by atoms with Crippen molar-refractivity contribution in [3.05, 3.63) is 35.4 Å². The second kappa shape index (κ2) is 8.15. The first-order valence-electron chi connectivity index (χ1n) is 7.34. The lowest BCUT2D eigenvalue weighted by atomic mass is 10.0. The molecule has 1 aromatic rings. The molecular formula is C16H24ClN3O2. The minimum atomic E-state index is -0.108. The molecule has 122 valence electrons. The summed E-state index contributed by atoms with van der Waals surface area (Å²) in [5.74, 6) is -0.0292. The second-order valence-corrected chi connectivity index (χ2v) is 5.67. The van der Waals surface area contributed by atoms with Gasteiger partial charge in [-0.15, -0.1) is 12.4 Å². The molecule has 1 aliphatic carbocycles. The Kier molecular flexibility index (Phi) is 6.84. The van der Waals surface area contributed by atoms with Crippen LogP contribution in [-0.4, -0.2) is 36.9 Å². The summed E-state index contributed by atoms with van der Waals surface area (Å²) in [6.45, 7) is 0.538. The molecule has 0 aliphatic heterocycles. The quantitative estimate of drug-likeness (QED) is 0.882. The number of hydrogen-bond acceptors (Lipinski definition) is 3. The molecule has 0 saturated heterocycles. The van der Waals surface area contributed by atoms with E-state index < -0.39 is 0 Å². The Hall–Kier alpha value is -1.59. The molecule has 2 atom stereocenters. The van der Waals surface area contributed by atoms with Crippen LogP contribution in [0.2, 0.25) is 0 Å². The maximum Gasteiger partial charge on any atom is 0.251 e. The van der Waals surface area contributed by atoms with E-state index in [1.54, 1.807) is 31.1 Å². The Labute approximate surface area is 137 Å². The minimum Gasteiger partial charge on any atom is -0.355 e. The molecule has 0 spiro atoms. The first-order valence-corrected chi connectivity index (χ1v) is 7.34. The number of amides is 2. The SMILES string of the molecule is CNC(=O)c1ccc(CN(C)C(=O)C2CCCC2N)cc1.Cl. The van der Waals surface area contributed by atoms with Crippen LogP contribution in [0.3, 0.4) is 0 Å². The van der Waals surface area contributed by atoms with Gasteiger partial charge in [-0.3, -0.25) is 9.59 Å². The van der Waals surface area contributed by atoms with Crippen LogP contribution in [0, 0.1) is 5.92 Å². The molecule has 6 heteroatoms. The highest BCUT2D eigenvalue weighted by Gasteiger charge is 2.32. The fourth-order valence-corrected chi connectivity index (χ4v) is 2.84. The maximum absolute atomic E-state index is 12.4. The predicted octanol–water partition coefficient (Wildman–Crippen LogP) is 1.55. The zero-order valence-electron chi connectivity index (χ0n) is 13.0.